The van der Waals surface area contributed by atoms with Crippen molar-refractivity contribution in [1.29, 1.82) is 0 Å². The largest absolute Gasteiger partial charge is 0.306 e. The summed E-state index contributed by atoms with van der Waals surface area (Å²) in [6.45, 7) is 2.83. The van der Waals surface area contributed by atoms with Crippen LogP contribution in [0.4, 0.5) is 4.39 Å². The number of benzene rings is 1. The second-order valence-corrected chi connectivity index (χ2v) is 7.68. The van der Waals surface area contributed by atoms with Gasteiger partial charge >= 0.3 is 0 Å². The van der Waals surface area contributed by atoms with Crippen LogP contribution in [0.2, 0.25) is 0 Å². The van der Waals surface area contributed by atoms with Crippen molar-refractivity contribution in [3.8, 4) is 0 Å². The van der Waals surface area contributed by atoms with Gasteiger partial charge in [-0.3, -0.25) is 14.8 Å². The summed E-state index contributed by atoms with van der Waals surface area (Å²) < 4.78 is 13.1. The normalized spacial score (nSPS) is 19.2. The Morgan fingerprint density at radius 1 is 1.30 bits per heavy atom. The minimum Gasteiger partial charge on any atom is -0.306 e. The van der Waals surface area contributed by atoms with Gasteiger partial charge in [-0.1, -0.05) is 0 Å². The Bertz CT molecular complexity index is 876. The molecule has 2 aromatic rings. The molecular formula is C22H24FN3O. The molecule has 2 aliphatic rings. The number of aromatic nitrogens is 1. The fraction of sp³-hybridized carbons (Fsp3) is 0.409. The molecule has 0 bridgehead atoms. The third kappa shape index (κ3) is 4.14. The molecule has 3 heterocycles. The van der Waals surface area contributed by atoms with E-state index >= 15 is 0 Å². The Hall–Kier alpha value is -2.40. The minimum absolute atomic E-state index is 0.256. The van der Waals surface area contributed by atoms with Crippen molar-refractivity contribution in [3.05, 3.63) is 64.7 Å². The highest BCUT2D eigenvalue weighted by Gasteiger charge is 2.21. The van der Waals surface area contributed by atoms with Gasteiger partial charge in [-0.05, 0) is 68.2 Å². The summed E-state index contributed by atoms with van der Waals surface area (Å²) in [6.07, 6.45) is 5.01. The van der Waals surface area contributed by atoms with E-state index in [4.69, 9.17) is 0 Å². The molecule has 27 heavy (non-hydrogen) atoms. The number of hydrogen-bond donors (Lipinski definition) is 0. The van der Waals surface area contributed by atoms with Crippen LogP contribution in [0.15, 0.2) is 41.5 Å². The fourth-order valence-corrected chi connectivity index (χ4v) is 4.01. The Morgan fingerprint density at radius 2 is 2.11 bits per heavy atom. The topological polar surface area (TPSA) is 45.6 Å². The molecule has 140 valence electrons. The summed E-state index contributed by atoms with van der Waals surface area (Å²) in [5.41, 5.74) is 4.62. The molecule has 1 fully saturated rings. The van der Waals surface area contributed by atoms with Gasteiger partial charge in [-0.2, -0.15) is 0 Å². The number of likely N-dealkylation sites (tertiary alicyclic amines) is 1. The van der Waals surface area contributed by atoms with E-state index < -0.39 is 0 Å². The van der Waals surface area contributed by atoms with Crippen LogP contribution < -0.4 is 0 Å². The van der Waals surface area contributed by atoms with E-state index in [9.17, 15) is 9.18 Å². The monoisotopic (exact) mass is 365 g/mol. The van der Waals surface area contributed by atoms with Gasteiger partial charge in [0, 0.05) is 42.4 Å². The molecule has 4 nitrogen and oxygen atoms in total. The van der Waals surface area contributed by atoms with Crippen LogP contribution in [-0.2, 0) is 17.8 Å². The zero-order valence-electron chi connectivity index (χ0n) is 15.6. The molecular weight excluding hydrogens is 341 g/mol. The third-order valence-corrected chi connectivity index (χ3v) is 5.53. The molecule has 2 aliphatic heterocycles. The van der Waals surface area contributed by atoms with E-state index in [1.807, 2.05) is 6.07 Å². The number of rotatable bonds is 6. The van der Waals surface area contributed by atoms with Gasteiger partial charge in [0.15, 0.2) is 0 Å². The van der Waals surface area contributed by atoms with Crippen molar-refractivity contribution < 1.29 is 9.18 Å². The summed E-state index contributed by atoms with van der Waals surface area (Å²) in [5.74, 6) is 0.655. The van der Waals surface area contributed by atoms with E-state index in [0.717, 1.165) is 47.6 Å². The number of nitrogens with zero attached hydrogens (tertiary/aromatic N) is 3. The van der Waals surface area contributed by atoms with Crippen LogP contribution in [0.1, 0.15) is 41.6 Å². The second kappa shape index (κ2) is 7.69. The first kappa shape index (κ1) is 18.0. The lowest BCUT2D eigenvalue weighted by Crippen LogP contribution is -2.15. The zero-order chi connectivity index (χ0) is 18.8. The lowest BCUT2D eigenvalue weighted by atomic mass is 9.98. The number of carbonyl (C=O) groups is 1. The minimum atomic E-state index is -0.256. The van der Waals surface area contributed by atoms with Crippen molar-refractivity contribution in [2.75, 3.05) is 20.1 Å². The lowest BCUT2D eigenvalue weighted by Gasteiger charge is -2.10. The number of aliphatic imine (C=N–C) groups is 1. The smallest absolute Gasteiger partial charge is 0.138 e. The molecule has 0 unspecified atom stereocenters. The molecule has 1 aromatic heterocycles. The highest BCUT2D eigenvalue weighted by molar-refractivity contribution is 6.14. The highest BCUT2D eigenvalue weighted by Crippen LogP contribution is 2.24. The van der Waals surface area contributed by atoms with Crippen LogP contribution in [0.5, 0.6) is 0 Å². The van der Waals surface area contributed by atoms with E-state index in [1.54, 1.807) is 18.3 Å². The van der Waals surface area contributed by atoms with Crippen molar-refractivity contribution in [2.45, 2.75) is 32.2 Å². The second-order valence-electron chi connectivity index (χ2n) is 7.68. The van der Waals surface area contributed by atoms with Crippen molar-refractivity contribution in [2.24, 2.45) is 10.9 Å². The van der Waals surface area contributed by atoms with Gasteiger partial charge in [-0.15, -0.1) is 0 Å². The predicted molar refractivity (Wildman–Crippen MR) is 104 cm³/mol. The van der Waals surface area contributed by atoms with E-state index in [1.165, 1.54) is 18.6 Å². The summed E-state index contributed by atoms with van der Waals surface area (Å²) in [4.78, 5) is 23.8. The maximum atomic E-state index is 13.1. The van der Waals surface area contributed by atoms with Gasteiger partial charge in [0.1, 0.15) is 11.6 Å². The van der Waals surface area contributed by atoms with E-state index in [-0.39, 0.29) is 11.6 Å². The summed E-state index contributed by atoms with van der Waals surface area (Å²) in [7, 11) is 2.14. The fourth-order valence-electron chi connectivity index (χ4n) is 4.01. The molecule has 0 radical (unpaired) electrons. The van der Waals surface area contributed by atoms with Crippen LogP contribution in [0.25, 0.3) is 0 Å². The standard InChI is InChI=1S/C22H24FN3O/c1-26-9-8-15(14-26)2-7-20(27)11-19-10-17-12-25-22(21(17)13-24-19)16-3-5-18(23)6-4-16/h3-6,10,13,15H,2,7-9,11-12,14H2,1H3/t15-/m1/s1. The van der Waals surface area contributed by atoms with Crippen LogP contribution in [0.3, 0.4) is 0 Å². The van der Waals surface area contributed by atoms with Crippen LogP contribution >= 0.6 is 0 Å². The maximum absolute atomic E-state index is 13.1. The molecule has 5 heteroatoms. The summed E-state index contributed by atoms with van der Waals surface area (Å²) in [5, 5.41) is 0. The van der Waals surface area contributed by atoms with Gasteiger partial charge in [-0.25, -0.2) is 4.39 Å². The van der Waals surface area contributed by atoms with Crippen LogP contribution in [-0.4, -0.2) is 41.5 Å². The van der Waals surface area contributed by atoms with E-state index in [2.05, 4.69) is 21.9 Å². The Labute approximate surface area is 159 Å². The Morgan fingerprint density at radius 3 is 2.85 bits per heavy atom. The lowest BCUT2D eigenvalue weighted by molar-refractivity contribution is -0.118. The first-order valence-corrected chi connectivity index (χ1v) is 9.57. The molecule has 1 atom stereocenters. The quantitative estimate of drug-likeness (QED) is 0.788. The molecule has 1 aromatic carbocycles. The molecule has 0 spiro atoms. The molecule has 0 amide bonds. The van der Waals surface area contributed by atoms with Crippen LogP contribution in [0, 0.1) is 11.7 Å². The predicted octanol–water partition coefficient (Wildman–Crippen LogP) is 3.42. The number of fused-ring (bicyclic) bond motifs is 1. The first-order valence-electron chi connectivity index (χ1n) is 9.57. The first-order chi connectivity index (χ1) is 13.1. The number of hydrogen-bond acceptors (Lipinski definition) is 4. The number of pyridine rings is 1. The Balaban J connectivity index is 1.38. The average Bonchev–Trinajstić information content (AvgIpc) is 3.26. The molecule has 1 saturated heterocycles. The molecule has 0 saturated carbocycles. The van der Waals surface area contributed by atoms with Crippen molar-refractivity contribution in [3.63, 3.8) is 0 Å². The van der Waals surface area contributed by atoms with Gasteiger partial charge in [0.25, 0.3) is 0 Å². The average molecular weight is 365 g/mol. The van der Waals surface area contributed by atoms with Crippen molar-refractivity contribution in [1.82, 2.24) is 9.88 Å². The van der Waals surface area contributed by atoms with Gasteiger partial charge in [0.2, 0.25) is 0 Å². The number of halogens is 1. The summed E-state index contributed by atoms with van der Waals surface area (Å²) >= 11 is 0. The maximum Gasteiger partial charge on any atom is 0.138 e. The van der Waals surface area contributed by atoms with Gasteiger partial charge in [0.05, 0.1) is 12.3 Å². The van der Waals surface area contributed by atoms with Gasteiger partial charge < -0.3 is 4.90 Å². The van der Waals surface area contributed by atoms with E-state index in [0.29, 0.717) is 25.3 Å². The number of Topliss-reactive ketones (excluding diaryl/α,β-unsaturated/α-hetero) is 1. The third-order valence-electron chi connectivity index (χ3n) is 5.53. The summed E-state index contributed by atoms with van der Waals surface area (Å²) in [6, 6.07) is 8.36. The SMILES string of the molecule is CN1CC[C@@H](CCC(=O)Cc2cc3c(cn2)C(c2ccc(F)cc2)=NC3)C1. The molecule has 0 N–H and O–H groups in total. The van der Waals surface area contributed by atoms with Crippen molar-refractivity contribution >= 4 is 11.5 Å². The highest BCUT2D eigenvalue weighted by atomic mass is 19.1. The number of ketones is 1. The molecule has 4 rings (SSSR count). The zero-order valence-corrected chi connectivity index (χ0v) is 15.6. The Kier molecular flexibility index (Phi) is 5.12. The number of carbonyl (C=O) groups excluding carboxylic acids is 1. The molecule has 0 aliphatic carbocycles.